The Morgan fingerprint density at radius 2 is 1.94 bits per heavy atom. The summed E-state index contributed by atoms with van der Waals surface area (Å²) in [6, 6.07) is 8.10. The number of hydrogen-bond donors (Lipinski definition) is 1. The first-order chi connectivity index (χ1) is 7.77. The molecule has 0 bridgehead atoms. The fourth-order valence-electron chi connectivity index (χ4n) is 1.41. The third-order valence-corrected chi connectivity index (χ3v) is 1.93. The maximum Gasteiger partial charge on any atom is 0.328 e. The molecule has 0 spiro atoms. The van der Waals surface area contributed by atoms with Crippen molar-refractivity contribution >= 4 is 16.0 Å². The van der Waals surface area contributed by atoms with E-state index in [1.165, 1.54) is 5.69 Å². The van der Waals surface area contributed by atoms with Gasteiger partial charge in [0, 0.05) is 19.1 Å². The van der Waals surface area contributed by atoms with Gasteiger partial charge < -0.3 is 4.55 Å². The lowest BCUT2D eigenvalue weighted by Gasteiger charge is -1.94. The number of rotatable bonds is 0. The van der Waals surface area contributed by atoms with Crippen LogP contribution in [-0.4, -0.2) is 22.5 Å². The van der Waals surface area contributed by atoms with Gasteiger partial charge in [-0.1, -0.05) is 6.07 Å². The first-order valence-corrected chi connectivity index (χ1v) is 6.07. The highest BCUT2D eigenvalue weighted by Crippen LogP contribution is 1.98. The molecule has 0 amide bonds. The molecular weight excluding hydrogens is 244 g/mol. The van der Waals surface area contributed by atoms with Crippen molar-refractivity contribution in [1.29, 1.82) is 0 Å². The molecule has 0 aliphatic rings. The van der Waals surface area contributed by atoms with Crippen LogP contribution in [0.1, 0.15) is 11.4 Å². The summed E-state index contributed by atoms with van der Waals surface area (Å²) in [5.41, 5.74) is 3.30. The zero-order chi connectivity index (χ0) is 13.1. The molecule has 6 nitrogen and oxygen atoms in total. The van der Waals surface area contributed by atoms with E-state index in [0.717, 1.165) is 11.3 Å². The Labute approximate surface area is 99.1 Å². The topological polar surface area (TPSA) is 94.4 Å². The minimum absolute atomic E-state index is 1.01. The lowest BCUT2D eigenvalue weighted by atomic mass is 10.3. The number of aryl methyl sites for hydroxylation is 2. The molecular formula is C10H12N2O4S. The van der Waals surface area contributed by atoms with Crippen LogP contribution in [0, 0.1) is 13.8 Å². The van der Waals surface area contributed by atoms with Crippen LogP contribution in [0.4, 0.5) is 0 Å². The van der Waals surface area contributed by atoms with Gasteiger partial charge in [-0.3, -0.25) is 4.55 Å². The van der Waals surface area contributed by atoms with E-state index in [0.29, 0.717) is 0 Å². The molecule has 2 rings (SSSR count). The number of hydrogen-bond acceptors (Lipinski definition) is 4. The second kappa shape index (κ2) is 5.17. The van der Waals surface area contributed by atoms with Crippen LogP contribution in [0.15, 0.2) is 30.5 Å². The Hall–Kier alpha value is -1.57. The second-order valence-corrected chi connectivity index (χ2v) is 4.25. The molecule has 0 fully saturated rings. The van der Waals surface area contributed by atoms with Crippen molar-refractivity contribution in [3.63, 3.8) is 0 Å². The van der Waals surface area contributed by atoms with Gasteiger partial charge in [0.05, 0.1) is 6.20 Å². The number of aromatic nitrogens is 2. The normalized spacial score (nSPS) is 10.8. The molecule has 17 heavy (non-hydrogen) atoms. The molecule has 0 saturated heterocycles. The first kappa shape index (κ1) is 13.5. The highest BCUT2D eigenvalue weighted by Gasteiger charge is 2.05. The van der Waals surface area contributed by atoms with E-state index >= 15 is 0 Å². The molecule has 7 heteroatoms. The van der Waals surface area contributed by atoms with Crippen molar-refractivity contribution in [2.24, 2.45) is 0 Å². The molecule has 2 aromatic heterocycles. The quantitative estimate of drug-likeness (QED) is 0.419. The summed E-state index contributed by atoms with van der Waals surface area (Å²) < 4.78 is 34.9. The fraction of sp³-hybridized carbons (Fsp3) is 0.200. The molecule has 2 aromatic rings. The minimum Gasteiger partial charge on any atom is -0.726 e. The Bertz CT molecular complexity index is 617. The SMILES string of the molecule is Cc1cc(C)[n+]2ccccc2n1.O=S(=O)([O-])O. The van der Waals surface area contributed by atoms with Gasteiger partial charge in [-0.25, -0.2) is 12.8 Å². The van der Waals surface area contributed by atoms with Crippen molar-refractivity contribution in [2.45, 2.75) is 13.8 Å². The van der Waals surface area contributed by atoms with Gasteiger partial charge >= 0.3 is 5.65 Å². The highest BCUT2D eigenvalue weighted by atomic mass is 32.3. The van der Waals surface area contributed by atoms with Crippen LogP contribution in [0.25, 0.3) is 5.65 Å². The van der Waals surface area contributed by atoms with Gasteiger partial charge in [0.1, 0.15) is 5.69 Å². The maximum atomic E-state index is 8.63. The van der Waals surface area contributed by atoms with Gasteiger partial charge in [0.2, 0.25) is 10.4 Å². The summed E-state index contributed by atoms with van der Waals surface area (Å²) in [6.07, 6.45) is 2.02. The van der Waals surface area contributed by atoms with Crippen molar-refractivity contribution in [2.75, 3.05) is 0 Å². The molecule has 92 valence electrons. The fourth-order valence-corrected chi connectivity index (χ4v) is 1.41. The third-order valence-electron chi connectivity index (χ3n) is 1.93. The van der Waals surface area contributed by atoms with E-state index in [9.17, 15) is 0 Å². The Kier molecular flexibility index (Phi) is 4.11. The summed E-state index contributed by atoms with van der Waals surface area (Å²) in [7, 11) is -4.92. The summed E-state index contributed by atoms with van der Waals surface area (Å²) in [6.45, 7) is 4.10. The highest BCUT2D eigenvalue weighted by molar-refractivity contribution is 7.79. The van der Waals surface area contributed by atoms with Gasteiger partial charge in [0.25, 0.3) is 0 Å². The van der Waals surface area contributed by atoms with Crippen LogP contribution < -0.4 is 4.40 Å². The molecule has 0 aliphatic heterocycles. The maximum absolute atomic E-state index is 8.63. The first-order valence-electron chi connectivity index (χ1n) is 4.70. The Balaban J connectivity index is 0.000000249. The lowest BCUT2D eigenvalue weighted by Crippen LogP contribution is -2.26. The van der Waals surface area contributed by atoms with Crippen LogP contribution >= 0.6 is 0 Å². The van der Waals surface area contributed by atoms with E-state index in [1.807, 2.05) is 31.3 Å². The van der Waals surface area contributed by atoms with Gasteiger partial charge in [-0.2, -0.15) is 0 Å². The predicted octanol–water partition coefficient (Wildman–Crippen LogP) is 0.442. The molecule has 0 atom stereocenters. The summed E-state index contributed by atoms with van der Waals surface area (Å²) >= 11 is 0. The Morgan fingerprint density at radius 1 is 1.35 bits per heavy atom. The van der Waals surface area contributed by atoms with Crippen LogP contribution in [-0.2, 0) is 10.4 Å². The average molecular weight is 256 g/mol. The zero-order valence-electron chi connectivity index (χ0n) is 9.36. The minimum atomic E-state index is -4.92. The summed E-state index contributed by atoms with van der Waals surface area (Å²) in [4.78, 5) is 4.40. The molecule has 0 aromatic carbocycles. The van der Waals surface area contributed by atoms with Crippen molar-refractivity contribution in [1.82, 2.24) is 4.98 Å². The smallest absolute Gasteiger partial charge is 0.328 e. The van der Waals surface area contributed by atoms with Crippen molar-refractivity contribution in [3.05, 3.63) is 41.9 Å². The molecule has 0 unspecified atom stereocenters. The van der Waals surface area contributed by atoms with Crippen LogP contribution in [0.3, 0.4) is 0 Å². The summed E-state index contributed by atoms with van der Waals surface area (Å²) in [5, 5.41) is 0. The van der Waals surface area contributed by atoms with Gasteiger partial charge in [-0.15, -0.1) is 0 Å². The molecule has 2 heterocycles. The predicted molar refractivity (Wildman–Crippen MR) is 59.2 cm³/mol. The van der Waals surface area contributed by atoms with E-state index in [1.54, 1.807) is 0 Å². The molecule has 0 saturated carbocycles. The lowest BCUT2D eigenvalue weighted by molar-refractivity contribution is -0.522. The number of fused-ring (bicyclic) bond motifs is 1. The van der Waals surface area contributed by atoms with Gasteiger partial charge in [-0.05, 0) is 18.0 Å². The van der Waals surface area contributed by atoms with E-state index in [4.69, 9.17) is 17.5 Å². The third kappa shape index (κ3) is 4.85. The van der Waals surface area contributed by atoms with E-state index < -0.39 is 10.4 Å². The van der Waals surface area contributed by atoms with E-state index in [-0.39, 0.29) is 0 Å². The zero-order valence-corrected chi connectivity index (χ0v) is 10.2. The average Bonchev–Trinajstić information content (AvgIpc) is 2.14. The summed E-state index contributed by atoms with van der Waals surface area (Å²) in [5.74, 6) is 0. The van der Waals surface area contributed by atoms with E-state index in [2.05, 4.69) is 22.4 Å². The monoisotopic (exact) mass is 256 g/mol. The van der Waals surface area contributed by atoms with Crippen molar-refractivity contribution in [3.8, 4) is 0 Å². The van der Waals surface area contributed by atoms with Crippen molar-refractivity contribution < 1.29 is 21.9 Å². The van der Waals surface area contributed by atoms with Gasteiger partial charge in [0.15, 0.2) is 5.69 Å². The standard InChI is InChI=1S/C10H11N2.H2O4S/c1-8-7-9(2)12-6-4-3-5-10(12)11-8;1-5(2,3)4/h3-7H,1-2H3;(H2,1,2,3,4)/q+1;/p-1. The number of nitrogens with zero attached hydrogens (tertiary/aromatic N) is 2. The Morgan fingerprint density at radius 3 is 2.53 bits per heavy atom. The molecule has 0 aliphatic carbocycles. The second-order valence-electron chi connectivity index (χ2n) is 3.40. The van der Waals surface area contributed by atoms with Crippen LogP contribution in [0.5, 0.6) is 0 Å². The number of pyridine rings is 1. The van der Waals surface area contributed by atoms with Crippen LogP contribution in [0.2, 0.25) is 0 Å². The molecule has 0 radical (unpaired) electrons. The molecule has 1 N–H and O–H groups in total. The largest absolute Gasteiger partial charge is 0.726 e.